The van der Waals surface area contributed by atoms with Gasteiger partial charge in [0.1, 0.15) is 0 Å². The summed E-state index contributed by atoms with van der Waals surface area (Å²) < 4.78 is 4.88. The molecule has 7 aromatic rings. The van der Waals surface area contributed by atoms with E-state index in [4.69, 9.17) is 0 Å². The van der Waals surface area contributed by atoms with Gasteiger partial charge in [-0.05, 0) is 118 Å². The molecule has 53 heavy (non-hydrogen) atoms. The van der Waals surface area contributed by atoms with Crippen LogP contribution in [0.5, 0.6) is 0 Å². The molecule has 2 nitrogen and oxygen atoms in total. The van der Waals surface area contributed by atoms with E-state index in [0.29, 0.717) is 0 Å². The molecule has 5 aromatic carbocycles. The molecule has 0 bridgehead atoms. The average molecular weight is 707 g/mol. The van der Waals surface area contributed by atoms with Crippen LogP contribution < -0.4 is 0 Å². The molecule has 0 unspecified atom stereocenters. The van der Waals surface area contributed by atoms with Crippen LogP contribution >= 0.6 is 10.0 Å². The van der Waals surface area contributed by atoms with Crippen LogP contribution in [0.4, 0.5) is 0 Å². The molecular weight excluding hydrogens is 661 g/mol. The first-order valence-corrected chi connectivity index (χ1v) is 20.2. The molecule has 0 spiro atoms. The maximum absolute atomic E-state index is 4.40. The van der Waals surface area contributed by atoms with Crippen molar-refractivity contribution in [3.8, 4) is 22.6 Å². The highest BCUT2D eigenvalue weighted by molar-refractivity contribution is 8.37. The summed E-state index contributed by atoms with van der Waals surface area (Å²) in [6.07, 6.45) is 15.5. The first kappa shape index (κ1) is 34.3. The van der Waals surface area contributed by atoms with Crippen molar-refractivity contribution in [3.63, 3.8) is 0 Å². The van der Waals surface area contributed by atoms with Crippen LogP contribution in [-0.4, -0.2) is 9.13 Å². The molecule has 262 valence electrons. The molecule has 2 heterocycles. The number of rotatable bonds is 9. The lowest BCUT2D eigenvalue weighted by Crippen LogP contribution is -2.08. The Kier molecular flexibility index (Phi) is 9.28. The highest BCUT2D eigenvalue weighted by Gasteiger charge is 2.35. The second-order valence-electron chi connectivity index (χ2n) is 13.8. The van der Waals surface area contributed by atoms with Crippen LogP contribution in [0, 0.1) is 20.8 Å². The Labute approximate surface area is 316 Å². The van der Waals surface area contributed by atoms with Crippen LogP contribution in [0.3, 0.4) is 0 Å². The Morgan fingerprint density at radius 1 is 0.642 bits per heavy atom. The molecule has 0 amide bonds. The van der Waals surface area contributed by atoms with Gasteiger partial charge < -0.3 is 9.13 Å². The fraction of sp³-hybridized carbons (Fsp3) is 0.120. The number of fused-ring (bicyclic) bond motifs is 1. The Bertz CT molecular complexity index is 2500. The quantitative estimate of drug-likeness (QED) is 0.141. The third-order valence-electron chi connectivity index (χ3n) is 10.7. The monoisotopic (exact) mass is 706 g/mol. The lowest BCUT2D eigenvalue weighted by atomic mass is 10.00. The third kappa shape index (κ3) is 5.68. The zero-order chi connectivity index (χ0) is 36.5. The van der Waals surface area contributed by atoms with Gasteiger partial charge in [0.15, 0.2) is 0 Å². The van der Waals surface area contributed by atoms with Gasteiger partial charge in [-0.3, -0.25) is 0 Å². The largest absolute Gasteiger partial charge is 0.317 e. The van der Waals surface area contributed by atoms with E-state index in [9.17, 15) is 0 Å². The minimum atomic E-state index is -1.72. The van der Waals surface area contributed by atoms with Crippen molar-refractivity contribution in [1.29, 1.82) is 0 Å². The zero-order valence-corrected chi connectivity index (χ0v) is 31.9. The Balaban J connectivity index is 1.41. The summed E-state index contributed by atoms with van der Waals surface area (Å²) in [4.78, 5) is 5.56. The van der Waals surface area contributed by atoms with Gasteiger partial charge in [0.2, 0.25) is 0 Å². The highest BCUT2D eigenvalue weighted by Crippen LogP contribution is 2.74. The molecule has 0 saturated carbocycles. The number of nitrogens with zero attached hydrogens (tertiary/aromatic N) is 2. The summed E-state index contributed by atoms with van der Waals surface area (Å²) in [5, 5.41) is 1.20. The van der Waals surface area contributed by atoms with Gasteiger partial charge in [-0.15, -0.1) is 10.0 Å². The molecule has 0 atom stereocenters. The van der Waals surface area contributed by atoms with Crippen molar-refractivity contribution < 1.29 is 0 Å². The van der Waals surface area contributed by atoms with Crippen molar-refractivity contribution in [1.82, 2.24) is 9.13 Å². The van der Waals surface area contributed by atoms with Crippen LogP contribution in [0.1, 0.15) is 47.8 Å². The Morgan fingerprint density at radius 3 is 1.92 bits per heavy atom. The van der Waals surface area contributed by atoms with E-state index < -0.39 is 10.0 Å². The van der Waals surface area contributed by atoms with Gasteiger partial charge in [-0.1, -0.05) is 110 Å². The summed E-state index contributed by atoms with van der Waals surface area (Å²) >= 11 is 0. The fourth-order valence-corrected chi connectivity index (χ4v) is 12.5. The number of benzene rings is 5. The minimum absolute atomic E-state index is 1.04. The first-order chi connectivity index (χ1) is 26.0. The van der Waals surface area contributed by atoms with Crippen LogP contribution in [0.15, 0.2) is 184 Å². The summed E-state index contributed by atoms with van der Waals surface area (Å²) in [6, 6.07) is 49.4. The van der Waals surface area contributed by atoms with Crippen molar-refractivity contribution in [2.75, 3.05) is 0 Å². The van der Waals surface area contributed by atoms with Crippen molar-refractivity contribution >= 4 is 33.1 Å². The molecule has 0 aliphatic heterocycles. The smallest absolute Gasteiger partial charge is 0.0637 e. The number of aromatic nitrogens is 2. The molecule has 1 aliphatic carbocycles. The molecule has 8 rings (SSSR count). The van der Waals surface area contributed by atoms with Gasteiger partial charge in [0, 0.05) is 59.5 Å². The van der Waals surface area contributed by atoms with Crippen LogP contribution in [0.2, 0.25) is 0 Å². The van der Waals surface area contributed by atoms with Crippen molar-refractivity contribution in [2.45, 2.75) is 55.2 Å². The Morgan fingerprint density at radius 2 is 1.30 bits per heavy atom. The second-order valence-corrected chi connectivity index (χ2v) is 16.9. The van der Waals surface area contributed by atoms with Gasteiger partial charge in [-0.2, -0.15) is 0 Å². The van der Waals surface area contributed by atoms with Gasteiger partial charge in [-0.25, -0.2) is 0 Å². The topological polar surface area (TPSA) is 9.86 Å². The van der Waals surface area contributed by atoms with E-state index in [1.807, 2.05) is 6.08 Å². The molecule has 0 N–H and O–H groups in total. The average Bonchev–Trinajstić information content (AvgIpc) is 3.66. The maximum Gasteiger partial charge on any atom is 0.0637 e. The van der Waals surface area contributed by atoms with Crippen LogP contribution in [0.25, 0.3) is 45.7 Å². The van der Waals surface area contributed by atoms with E-state index in [1.54, 1.807) is 0 Å². The molecule has 0 fully saturated rings. The van der Waals surface area contributed by atoms with E-state index in [2.05, 4.69) is 207 Å². The molecule has 3 heteroatoms. The second kappa shape index (κ2) is 14.3. The van der Waals surface area contributed by atoms with E-state index in [1.165, 1.54) is 70.0 Å². The predicted octanol–water partition coefficient (Wildman–Crippen LogP) is 14.2. The highest BCUT2D eigenvalue weighted by atomic mass is 32.3. The molecular formula is C50H46N2S. The normalized spacial score (nSPS) is 13.5. The molecule has 1 aliphatic rings. The lowest BCUT2D eigenvalue weighted by Gasteiger charge is -2.44. The summed E-state index contributed by atoms with van der Waals surface area (Å²) in [5.74, 6) is 0. The number of aryl methyl sites for hydroxylation is 1. The Hall–Kier alpha value is -5.77. The molecule has 2 aromatic heterocycles. The standard InChI is InChI=1S/C50H46N2S/c1-6-20-46-37(4)51(40-22-19-21-36(3)35-40)38(5)49(46)50-45(7-2)47-29-17-18-30-48(47)52(50)39-31-33-44(34-32-39)53(41-23-11-8-12-24-41,42-25-13-9-14-26-42)43-27-15-10-16-28-43/h6-15,17-27,29-35H,2,16,28H2,1,3-5H3/b20-6-. The SMILES string of the molecule is C=Cc1c(-c2c(/C=C\C)c(C)n(-c3cccc(C)c3)c2C)n(-c2ccc(S(C3=CC=CCC3)(c3ccccc3)c3ccccc3)cc2)c2ccccc12. The van der Waals surface area contributed by atoms with E-state index in [0.717, 1.165) is 24.1 Å². The van der Waals surface area contributed by atoms with Gasteiger partial charge in [0.25, 0.3) is 0 Å². The van der Waals surface area contributed by atoms with E-state index >= 15 is 0 Å². The summed E-state index contributed by atoms with van der Waals surface area (Å²) in [5.41, 5.74) is 11.9. The van der Waals surface area contributed by atoms with Gasteiger partial charge in [0.05, 0.1) is 11.2 Å². The summed E-state index contributed by atoms with van der Waals surface area (Å²) in [7, 11) is -1.72. The van der Waals surface area contributed by atoms with Crippen molar-refractivity contribution in [2.24, 2.45) is 0 Å². The van der Waals surface area contributed by atoms with Crippen molar-refractivity contribution in [3.05, 3.63) is 197 Å². The molecule has 0 radical (unpaired) electrons. The third-order valence-corrected chi connectivity index (χ3v) is 14.7. The minimum Gasteiger partial charge on any atom is -0.317 e. The number of hydrogen-bond acceptors (Lipinski definition) is 0. The fourth-order valence-electron chi connectivity index (χ4n) is 8.42. The zero-order valence-electron chi connectivity index (χ0n) is 31.1. The number of allylic oxidation sites excluding steroid dienone is 5. The number of hydrogen-bond donors (Lipinski definition) is 0. The predicted molar refractivity (Wildman–Crippen MR) is 229 cm³/mol. The maximum atomic E-state index is 4.40. The number of para-hydroxylation sites is 1. The lowest BCUT2D eigenvalue weighted by molar-refractivity contribution is 0.961. The summed E-state index contributed by atoms with van der Waals surface area (Å²) in [6.45, 7) is 13.2. The van der Waals surface area contributed by atoms with Crippen LogP contribution in [-0.2, 0) is 0 Å². The van der Waals surface area contributed by atoms with Gasteiger partial charge >= 0.3 is 0 Å². The molecule has 0 saturated heterocycles. The first-order valence-electron chi connectivity index (χ1n) is 18.6. The van der Waals surface area contributed by atoms with E-state index in [-0.39, 0.29) is 0 Å².